The maximum absolute atomic E-state index is 12.1. The lowest BCUT2D eigenvalue weighted by molar-refractivity contribution is -0.110. The van der Waals surface area contributed by atoms with E-state index in [2.05, 4.69) is 11.4 Å². The fourth-order valence-corrected chi connectivity index (χ4v) is 3.03. The summed E-state index contributed by atoms with van der Waals surface area (Å²) >= 11 is 1.64. The third-order valence-corrected chi connectivity index (χ3v) is 4.25. The molecule has 4 heteroatoms. The van der Waals surface area contributed by atoms with Crippen LogP contribution >= 0.6 is 11.3 Å². The van der Waals surface area contributed by atoms with E-state index < -0.39 is 0 Å². The minimum absolute atomic E-state index is 0.0445. The Labute approximate surface area is 115 Å². The highest BCUT2D eigenvalue weighted by molar-refractivity contribution is 7.11. The summed E-state index contributed by atoms with van der Waals surface area (Å²) in [6.45, 7) is 2.53. The molecule has 2 aromatic rings. The van der Waals surface area contributed by atoms with E-state index in [1.54, 1.807) is 11.3 Å². The van der Waals surface area contributed by atoms with Crippen molar-refractivity contribution < 1.29 is 4.79 Å². The maximum atomic E-state index is 12.1. The third-order valence-electron chi connectivity index (χ3n) is 3.28. The second kappa shape index (κ2) is 4.64. The number of hydrogen-bond acceptors (Lipinski definition) is 3. The summed E-state index contributed by atoms with van der Waals surface area (Å²) in [7, 11) is 0. The molecule has 0 aliphatic carbocycles. The molecule has 1 aromatic carbocycles. The summed E-state index contributed by atoms with van der Waals surface area (Å²) in [5, 5.41) is 4.92. The molecule has 1 aliphatic heterocycles. The lowest BCUT2D eigenvalue weighted by Crippen LogP contribution is -2.03. The number of nitrogens with one attached hydrogen (secondary N) is 1. The van der Waals surface area contributed by atoms with E-state index in [1.165, 1.54) is 5.56 Å². The van der Waals surface area contributed by atoms with Gasteiger partial charge in [-0.3, -0.25) is 4.79 Å². The number of rotatable bonds is 2. The molecule has 0 saturated carbocycles. The Morgan fingerprint density at radius 3 is 2.89 bits per heavy atom. The Bertz CT molecular complexity index is 685. The normalized spacial score (nSPS) is 15.7. The van der Waals surface area contributed by atoms with Gasteiger partial charge >= 0.3 is 0 Å². The predicted molar refractivity (Wildman–Crippen MR) is 79.9 cm³/mol. The van der Waals surface area contributed by atoms with E-state index >= 15 is 0 Å². The topological polar surface area (TPSA) is 55.1 Å². The van der Waals surface area contributed by atoms with Crippen LogP contribution in [0, 0.1) is 6.92 Å². The standard InChI is InChI=1S/C15H14N2OS/c1-9-4-5-19-14(9)7-12-11-6-10(8-16)2-3-13(11)17-15(12)18/h2-7H,8,16H2,1H3,(H,17,18). The summed E-state index contributed by atoms with van der Waals surface area (Å²) in [6, 6.07) is 7.90. The maximum Gasteiger partial charge on any atom is 0.256 e. The van der Waals surface area contributed by atoms with E-state index in [4.69, 9.17) is 5.73 Å². The van der Waals surface area contributed by atoms with Crippen LogP contribution in [-0.2, 0) is 11.3 Å². The minimum atomic E-state index is -0.0445. The molecule has 1 aliphatic rings. The van der Waals surface area contributed by atoms with Crippen LogP contribution in [0.5, 0.6) is 0 Å². The first kappa shape index (κ1) is 12.1. The van der Waals surface area contributed by atoms with Gasteiger partial charge in [0.1, 0.15) is 0 Å². The number of carbonyl (C=O) groups excluding carboxylic acids is 1. The monoisotopic (exact) mass is 270 g/mol. The number of benzene rings is 1. The van der Waals surface area contributed by atoms with Gasteiger partial charge in [0.05, 0.1) is 5.57 Å². The van der Waals surface area contributed by atoms with Crippen molar-refractivity contribution in [2.45, 2.75) is 13.5 Å². The van der Waals surface area contributed by atoms with Crippen molar-refractivity contribution in [3.63, 3.8) is 0 Å². The lowest BCUT2D eigenvalue weighted by atomic mass is 10.0. The molecule has 19 heavy (non-hydrogen) atoms. The lowest BCUT2D eigenvalue weighted by Gasteiger charge is -2.02. The summed E-state index contributed by atoms with van der Waals surface area (Å²) < 4.78 is 0. The molecule has 0 bridgehead atoms. The fraction of sp³-hybridized carbons (Fsp3) is 0.133. The summed E-state index contributed by atoms with van der Waals surface area (Å²) in [5.74, 6) is -0.0445. The van der Waals surface area contributed by atoms with Crippen molar-refractivity contribution in [2.75, 3.05) is 5.32 Å². The molecule has 0 unspecified atom stereocenters. The minimum Gasteiger partial charge on any atom is -0.326 e. The van der Waals surface area contributed by atoms with E-state index in [9.17, 15) is 4.79 Å². The van der Waals surface area contributed by atoms with Crippen LogP contribution < -0.4 is 11.1 Å². The summed E-state index contributed by atoms with van der Waals surface area (Å²) in [5.41, 5.74) is 10.4. The second-order valence-corrected chi connectivity index (χ2v) is 5.51. The summed E-state index contributed by atoms with van der Waals surface area (Å²) in [6.07, 6.45) is 1.96. The van der Waals surface area contributed by atoms with E-state index in [1.807, 2.05) is 36.6 Å². The fourth-order valence-electron chi connectivity index (χ4n) is 2.17. The van der Waals surface area contributed by atoms with Crippen molar-refractivity contribution in [3.8, 4) is 0 Å². The SMILES string of the molecule is Cc1ccsc1C=C1C(=O)Nc2ccc(CN)cc21. The number of fused-ring (bicyclic) bond motifs is 1. The Balaban J connectivity index is 2.12. The van der Waals surface area contributed by atoms with Crippen molar-refractivity contribution >= 4 is 34.6 Å². The second-order valence-electron chi connectivity index (χ2n) is 4.56. The quantitative estimate of drug-likeness (QED) is 0.824. The van der Waals surface area contributed by atoms with Gasteiger partial charge in [0.25, 0.3) is 5.91 Å². The molecule has 1 aromatic heterocycles. The largest absolute Gasteiger partial charge is 0.326 e. The molecule has 0 spiro atoms. The predicted octanol–water partition coefficient (Wildman–Crippen LogP) is 3.01. The van der Waals surface area contributed by atoms with Gasteiger partial charge in [0.15, 0.2) is 0 Å². The number of amides is 1. The molecule has 3 nitrogen and oxygen atoms in total. The Morgan fingerprint density at radius 1 is 1.37 bits per heavy atom. The third kappa shape index (κ3) is 2.09. The van der Waals surface area contributed by atoms with Crippen LogP contribution in [0.1, 0.15) is 21.6 Å². The van der Waals surface area contributed by atoms with Crippen molar-refractivity contribution in [1.82, 2.24) is 0 Å². The number of hydrogen-bond donors (Lipinski definition) is 2. The van der Waals surface area contributed by atoms with Crippen molar-refractivity contribution in [1.29, 1.82) is 0 Å². The molecule has 0 fully saturated rings. The Kier molecular flexibility index (Phi) is 2.97. The molecule has 3 rings (SSSR count). The van der Waals surface area contributed by atoms with Crippen LogP contribution in [0.25, 0.3) is 11.6 Å². The molecule has 1 amide bonds. The highest BCUT2D eigenvalue weighted by Crippen LogP contribution is 2.35. The first-order valence-electron chi connectivity index (χ1n) is 6.09. The number of carbonyl (C=O) groups is 1. The molecule has 0 atom stereocenters. The number of thiophene rings is 1. The van der Waals surface area contributed by atoms with Crippen LogP contribution in [0.3, 0.4) is 0 Å². The van der Waals surface area contributed by atoms with Crippen LogP contribution in [0.2, 0.25) is 0 Å². The van der Waals surface area contributed by atoms with Crippen molar-refractivity contribution in [3.05, 3.63) is 51.2 Å². The smallest absolute Gasteiger partial charge is 0.256 e. The molecule has 0 saturated heterocycles. The van der Waals surface area contributed by atoms with E-state index in [0.717, 1.165) is 27.3 Å². The molecular formula is C15H14N2OS. The van der Waals surface area contributed by atoms with Crippen molar-refractivity contribution in [2.24, 2.45) is 5.73 Å². The van der Waals surface area contributed by atoms with Crippen LogP contribution in [0.4, 0.5) is 5.69 Å². The highest BCUT2D eigenvalue weighted by atomic mass is 32.1. The van der Waals surface area contributed by atoms with Gasteiger partial charge in [-0.25, -0.2) is 0 Å². The highest BCUT2D eigenvalue weighted by Gasteiger charge is 2.24. The van der Waals surface area contributed by atoms with Gasteiger partial charge in [-0.1, -0.05) is 6.07 Å². The zero-order valence-electron chi connectivity index (χ0n) is 10.6. The molecule has 3 N–H and O–H groups in total. The number of nitrogens with two attached hydrogens (primary N) is 1. The summed E-state index contributed by atoms with van der Waals surface area (Å²) in [4.78, 5) is 13.2. The number of aryl methyl sites for hydroxylation is 1. The molecular weight excluding hydrogens is 256 g/mol. The average Bonchev–Trinajstić information content (AvgIpc) is 2.94. The van der Waals surface area contributed by atoms with Gasteiger partial charge < -0.3 is 11.1 Å². The first-order valence-corrected chi connectivity index (χ1v) is 6.97. The Hall–Kier alpha value is -1.91. The number of anilines is 1. The van der Waals surface area contributed by atoms with Crippen LogP contribution in [0.15, 0.2) is 29.6 Å². The van der Waals surface area contributed by atoms with Gasteiger partial charge in [0, 0.05) is 22.7 Å². The molecule has 0 radical (unpaired) electrons. The molecule has 2 heterocycles. The van der Waals surface area contributed by atoms with Gasteiger partial charge in [-0.15, -0.1) is 11.3 Å². The van der Waals surface area contributed by atoms with Gasteiger partial charge in [0.2, 0.25) is 0 Å². The van der Waals surface area contributed by atoms with Gasteiger partial charge in [-0.05, 0) is 47.7 Å². The van der Waals surface area contributed by atoms with E-state index in [-0.39, 0.29) is 5.91 Å². The first-order chi connectivity index (χ1) is 9.19. The average molecular weight is 270 g/mol. The van der Waals surface area contributed by atoms with Gasteiger partial charge in [-0.2, -0.15) is 0 Å². The Morgan fingerprint density at radius 2 is 2.21 bits per heavy atom. The molecule has 96 valence electrons. The zero-order chi connectivity index (χ0) is 13.4. The van der Waals surface area contributed by atoms with Crippen LogP contribution in [-0.4, -0.2) is 5.91 Å². The zero-order valence-corrected chi connectivity index (χ0v) is 11.4. The van der Waals surface area contributed by atoms with E-state index in [0.29, 0.717) is 6.54 Å².